The highest BCUT2D eigenvalue weighted by Gasteiger charge is 2.33. The number of thiophene rings is 1. The van der Waals surface area contributed by atoms with E-state index in [0.717, 1.165) is 23.3 Å². The van der Waals surface area contributed by atoms with E-state index in [1.54, 1.807) is 6.92 Å². The van der Waals surface area contributed by atoms with Gasteiger partial charge in [0, 0.05) is 4.88 Å². The van der Waals surface area contributed by atoms with E-state index in [1.165, 1.54) is 11.3 Å². The summed E-state index contributed by atoms with van der Waals surface area (Å²) in [5.74, 6) is -0.744. The molecule has 5 nitrogen and oxygen atoms in total. The Morgan fingerprint density at radius 3 is 2.83 bits per heavy atom. The summed E-state index contributed by atoms with van der Waals surface area (Å²) in [5, 5.41) is 0.459. The Balaban J connectivity index is 2.26. The Kier molecular flexibility index (Phi) is 3.56. The van der Waals surface area contributed by atoms with Crippen molar-refractivity contribution in [1.82, 2.24) is 0 Å². The predicted octanol–water partition coefficient (Wildman–Crippen LogP) is 1.41. The van der Waals surface area contributed by atoms with Gasteiger partial charge < -0.3 is 16.2 Å². The number of ether oxygens (including phenoxy) is 1. The van der Waals surface area contributed by atoms with E-state index >= 15 is 0 Å². The van der Waals surface area contributed by atoms with Crippen molar-refractivity contribution in [2.24, 2.45) is 5.73 Å². The maximum absolute atomic E-state index is 11.5. The zero-order valence-electron chi connectivity index (χ0n) is 10.2. The number of fused-ring (bicyclic) bond motifs is 1. The minimum Gasteiger partial charge on any atom is -0.466 e. The number of nitrogens with two attached hydrogens (primary N) is 2. The molecule has 0 fully saturated rings. The van der Waals surface area contributed by atoms with Crippen LogP contribution in [-0.2, 0) is 16.0 Å². The maximum Gasteiger partial charge on any atom is 0.306 e. The van der Waals surface area contributed by atoms with E-state index in [9.17, 15) is 9.59 Å². The number of esters is 1. The minimum absolute atomic E-state index is 0.00935. The van der Waals surface area contributed by atoms with Gasteiger partial charge in [0.2, 0.25) is 0 Å². The van der Waals surface area contributed by atoms with Crippen LogP contribution in [0.15, 0.2) is 0 Å². The fourth-order valence-corrected chi connectivity index (χ4v) is 3.63. The van der Waals surface area contributed by atoms with Crippen molar-refractivity contribution < 1.29 is 14.3 Å². The van der Waals surface area contributed by atoms with Crippen LogP contribution in [0.3, 0.4) is 0 Å². The molecule has 1 aromatic rings. The van der Waals surface area contributed by atoms with Crippen LogP contribution in [0.5, 0.6) is 0 Å². The Labute approximate surface area is 109 Å². The predicted molar refractivity (Wildman–Crippen MR) is 69.6 cm³/mol. The van der Waals surface area contributed by atoms with Gasteiger partial charge in [-0.2, -0.15) is 0 Å². The number of anilines is 1. The van der Waals surface area contributed by atoms with Gasteiger partial charge in [-0.1, -0.05) is 0 Å². The number of carbonyl (C=O) groups excluding carboxylic acids is 2. The maximum atomic E-state index is 11.5. The molecule has 2 rings (SSSR count). The normalized spacial score (nSPS) is 17.5. The van der Waals surface area contributed by atoms with Crippen molar-refractivity contribution in [1.29, 1.82) is 0 Å². The highest BCUT2D eigenvalue weighted by molar-refractivity contribution is 7.16. The minimum atomic E-state index is -0.513. The lowest BCUT2D eigenvalue weighted by molar-refractivity contribution is -0.143. The van der Waals surface area contributed by atoms with Crippen LogP contribution in [0, 0.1) is 0 Å². The van der Waals surface area contributed by atoms with Gasteiger partial charge in [-0.05, 0) is 31.2 Å². The highest BCUT2D eigenvalue weighted by Crippen LogP contribution is 2.45. The summed E-state index contributed by atoms with van der Waals surface area (Å²) in [5.41, 5.74) is 12.4. The van der Waals surface area contributed by atoms with Crippen molar-refractivity contribution in [2.75, 3.05) is 12.3 Å². The standard InChI is InChI=1S/C12H16N2O3S/c1-2-17-8(15)5-6-3-4-7-9(6)10(11(13)16)12(14)18-7/h6H,2-5,14H2,1H3,(H2,13,16). The summed E-state index contributed by atoms with van der Waals surface area (Å²) >= 11 is 1.40. The molecule has 0 radical (unpaired) electrons. The van der Waals surface area contributed by atoms with Crippen LogP contribution < -0.4 is 11.5 Å². The highest BCUT2D eigenvalue weighted by atomic mass is 32.1. The van der Waals surface area contributed by atoms with Crippen molar-refractivity contribution in [3.05, 3.63) is 16.0 Å². The summed E-state index contributed by atoms with van der Waals surface area (Å²) in [7, 11) is 0. The number of hydrogen-bond donors (Lipinski definition) is 2. The van der Waals surface area contributed by atoms with E-state index in [-0.39, 0.29) is 18.3 Å². The first-order chi connectivity index (χ1) is 8.54. The average Bonchev–Trinajstić information content (AvgIpc) is 2.78. The molecule has 0 saturated carbocycles. The van der Waals surface area contributed by atoms with Crippen molar-refractivity contribution in [2.45, 2.75) is 32.1 Å². The summed E-state index contributed by atoms with van der Waals surface area (Å²) in [6, 6.07) is 0. The largest absolute Gasteiger partial charge is 0.466 e. The average molecular weight is 268 g/mol. The van der Waals surface area contributed by atoms with Gasteiger partial charge in [0.15, 0.2) is 0 Å². The molecule has 18 heavy (non-hydrogen) atoms. The summed E-state index contributed by atoms with van der Waals surface area (Å²) < 4.78 is 4.94. The number of rotatable bonds is 4. The first-order valence-corrected chi connectivity index (χ1v) is 6.72. The van der Waals surface area contributed by atoms with Crippen molar-refractivity contribution in [3.63, 3.8) is 0 Å². The number of aryl methyl sites for hydroxylation is 1. The monoisotopic (exact) mass is 268 g/mol. The van der Waals surface area contributed by atoms with Gasteiger partial charge in [0.25, 0.3) is 5.91 Å². The van der Waals surface area contributed by atoms with Gasteiger partial charge >= 0.3 is 5.97 Å². The summed E-state index contributed by atoms with van der Waals surface area (Å²) in [4.78, 5) is 24.0. The Morgan fingerprint density at radius 1 is 1.50 bits per heavy atom. The van der Waals surface area contributed by atoms with Gasteiger partial charge in [0.1, 0.15) is 0 Å². The lowest BCUT2D eigenvalue weighted by atomic mass is 9.96. The van der Waals surface area contributed by atoms with E-state index in [0.29, 0.717) is 17.2 Å². The summed E-state index contributed by atoms with van der Waals surface area (Å²) in [6.07, 6.45) is 1.99. The molecule has 4 N–H and O–H groups in total. The van der Waals surface area contributed by atoms with Gasteiger partial charge in [0.05, 0.1) is 23.6 Å². The van der Waals surface area contributed by atoms with Gasteiger partial charge in [-0.15, -0.1) is 11.3 Å². The summed E-state index contributed by atoms with van der Waals surface area (Å²) in [6.45, 7) is 2.14. The third-order valence-electron chi connectivity index (χ3n) is 3.14. The molecule has 1 aromatic heterocycles. The molecule has 0 aromatic carbocycles. The number of amides is 1. The molecule has 1 unspecified atom stereocenters. The number of primary amides is 1. The van der Waals surface area contributed by atoms with E-state index in [1.807, 2.05) is 0 Å². The SMILES string of the molecule is CCOC(=O)CC1CCc2sc(N)c(C(N)=O)c21. The first-order valence-electron chi connectivity index (χ1n) is 5.91. The Hall–Kier alpha value is -1.56. The molecule has 1 amide bonds. The fourth-order valence-electron chi connectivity index (χ4n) is 2.46. The zero-order chi connectivity index (χ0) is 13.3. The van der Waals surface area contributed by atoms with E-state index in [4.69, 9.17) is 16.2 Å². The van der Waals surface area contributed by atoms with Crippen LogP contribution in [0.1, 0.15) is 46.5 Å². The Morgan fingerprint density at radius 2 is 2.22 bits per heavy atom. The topological polar surface area (TPSA) is 95.4 Å². The molecular formula is C12H16N2O3S. The van der Waals surface area contributed by atoms with E-state index in [2.05, 4.69) is 0 Å². The van der Waals surface area contributed by atoms with Gasteiger partial charge in [-0.3, -0.25) is 9.59 Å². The number of nitrogen functional groups attached to an aromatic ring is 1. The van der Waals surface area contributed by atoms with Crippen molar-refractivity contribution in [3.8, 4) is 0 Å². The molecule has 98 valence electrons. The van der Waals surface area contributed by atoms with Crippen LogP contribution in [0.4, 0.5) is 5.00 Å². The molecule has 6 heteroatoms. The molecule has 0 bridgehead atoms. The third kappa shape index (κ3) is 2.20. The lowest BCUT2D eigenvalue weighted by Gasteiger charge is -2.11. The smallest absolute Gasteiger partial charge is 0.306 e. The molecular weight excluding hydrogens is 252 g/mol. The number of carbonyl (C=O) groups is 2. The molecule has 0 spiro atoms. The van der Waals surface area contributed by atoms with Crippen molar-refractivity contribution >= 4 is 28.2 Å². The molecule has 1 aliphatic rings. The second-order valence-electron chi connectivity index (χ2n) is 4.29. The quantitative estimate of drug-likeness (QED) is 0.807. The molecule has 0 aliphatic heterocycles. The number of hydrogen-bond acceptors (Lipinski definition) is 5. The first kappa shape index (κ1) is 12.9. The van der Waals surface area contributed by atoms with Crippen LogP contribution in [0.2, 0.25) is 0 Å². The molecule has 0 saturated heterocycles. The van der Waals surface area contributed by atoms with Crippen LogP contribution in [0.25, 0.3) is 0 Å². The molecule has 1 atom stereocenters. The fraction of sp³-hybridized carbons (Fsp3) is 0.500. The van der Waals surface area contributed by atoms with E-state index < -0.39 is 5.91 Å². The third-order valence-corrected chi connectivity index (χ3v) is 4.24. The zero-order valence-corrected chi connectivity index (χ0v) is 11.0. The molecule has 1 aliphatic carbocycles. The van der Waals surface area contributed by atoms with Crippen LogP contribution in [-0.4, -0.2) is 18.5 Å². The lowest BCUT2D eigenvalue weighted by Crippen LogP contribution is -2.16. The van der Waals surface area contributed by atoms with Gasteiger partial charge in [-0.25, -0.2) is 0 Å². The van der Waals surface area contributed by atoms with Crippen LogP contribution >= 0.6 is 11.3 Å². The Bertz CT molecular complexity index is 496. The molecule has 1 heterocycles. The second kappa shape index (κ2) is 4.97. The second-order valence-corrected chi connectivity index (χ2v) is 5.42.